The molecule has 9 nitrogen and oxygen atoms in total. The van der Waals surface area contributed by atoms with E-state index in [-0.39, 0.29) is 5.75 Å². The monoisotopic (exact) mass is 497 g/mol. The van der Waals surface area contributed by atoms with Gasteiger partial charge in [0.15, 0.2) is 5.82 Å². The molecule has 3 saturated heterocycles. The lowest BCUT2D eigenvalue weighted by molar-refractivity contribution is 0.0443. The van der Waals surface area contributed by atoms with Crippen LogP contribution in [-0.4, -0.2) is 83.2 Å². The van der Waals surface area contributed by atoms with E-state index in [1.807, 2.05) is 24.4 Å². The SMILES string of the molecule is Nc1nnc(-c2ccccc2O)cc1N1CC2CCC(C1)N2c1ccnc(C#CCN2CCOCC2)c1. The summed E-state index contributed by atoms with van der Waals surface area (Å²) in [5, 5.41) is 18.8. The van der Waals surface area contributed by atoms with Crippen molar-refractivity contribution >= 4 is 17.2 Å². The summed E-state index contributed by atoms with van der Waals surface area (Å²) in [4.78, 5) is 11.7. The first-order valence-corrected chi connectivity index (χ1v) is 12.9. The van der Waals surface area contributed by atoms with Crippen LogP contribution in [0.5, 0.6) is 5.75 Å². The van der Waals surface area contributed by atoms with Crippen LogP contribution >= 0.6 is 0 Å². The van der Waals surface area contributed by atoms with Crippen LogP contribution in [0.2, 0.25) is 0 Å². The number of para-hydroxylation sites is 1. The summed E-state index contributed by atoms with van der Waals surface area (Å²) in [5.41, 5.74) is 10.4. The molecule has 3 aliphatic rings. The maximum atomic E-state index is 10.3. The van der Waals surface area contributed by atoms with Crippen molar-refractivity contribution in [3.05, 3.63) is 54.4 Å². The van der Waals surface area contributed by atoms with Crippen LogP contribution in [0.15, 0.2) is 48.7 Å². The molecule has 3 aromatic rings. The van der Waals surface area contributed by atoms with Crippen LogP contribution in [0.4, 0.5) is 17.2 Å². The fourth-order valence-electron chi connectivity index (χ4n) is 5.64. The largest absolute Gasteiger partial charge is 0.507 e. The van der Waals surface area contributed by atoms with Crippen molar-refractivity contribution in [1.82, 2.24) is 20.1 Å². The zero-order valence-corrected chi connectivity index (χ0v) is 20.8. The number of aromatic hydroxyl groups is 1. The number of hydrogen-bond acceptors (Lipinski definition) is 9. The lowest BCUT2D eigenvalue weighted by Gasteiger charge is -2.43. The van der Waals surface area contributed by atoms with Gasteiger partial charge in [-0.3, -0.25) is 4.90 Å². The van der Waals surface area contributed by atoms with Crippen molar-refractivity contribution < 1.29 is 9.84 Å². The van der Waals surface area contributed by atoms with Crippen molar-refractivity contribution in [2.45, 2.75) is 24.9 Å². The predicted octanol–water partition coefficient (Wildman–Crippen LogP) is 2.37. The lowest BCUT2D eigenvalue weighted by atomic mass is 10.1. The summed E-state index contributed by atoms with van der Waals surface area (Å²) in [6.45, 7) is 5.84. The molecule has 1 aromatic carbocycles. The number of hydrogen-bond donors (Lipinski definition) is 2. The minimum absolute atomic E-state index is 0.180. The number of nitrogens with zero attached hydrogens (tertiary/aromatic N) is 6. The van der Waals surface area contributed by atoms with Crippen LogP contribution in [0, 0.1) is 11.8 Å². The number of phenols is 1. The van der Waals surface area contributed by atoms with Crippen molar-refractivity contribution in [3.63, 3.8) is 0 Å². The van der Waals surface area contributed by atoms with E-state index in [9.17, 15) is 5.11 Å². The minimum Gasteiger partial charge on any atom is -0.507 e. The van der Waals surface area contributed by atoms with Crippen molar-refractivity contribution in [2.75, 3.05) is 61.5 Å². The van der Waals surface area contributed by atoms with E-state index in [0.717, 1.165) is 70.2 Å². The van der Waals surface area contributed by atoms with Gasteiger partial charge in [-0.15, -0.1) is 10.2 Å². The molecule has 0 radical (unpaired) electrons. The molecular weight excluding hydrogens is 466 g/mol. The number of phenolic OH excluding ortho intramolecular Hbond substituents is 1. The summed E-state index contributed by atoms with van der Waals surface area (Å²) in [6.07, 6.45) is 4.10. The number of benzene rings is 1. The molecule has 0 aliphatic carbocycles. The number of piperazine rings is 1. The van der Waals surface area contributed by atoms with Crippen LogP contribution < -0.4 is 15.5 Å². The molecule has 0 spiro atoms. The third-order valence-corrected chi connectivity index (χ3v) is 7.47. The van der Waals surface area contributed by atoms with Gasteiger partial charge in [0.1, 0.15) is 11.4 Å². The van der Waals surface area contributed by atoms with E-state index in [1.165, 1.54) is 5.69 Å². The van der Waals surface area contributed by atoms with E-state index < -0.39 is 0 Å². The van der Waals surface area contributed by atoms with Gasteiger partial charge in [-0.05, 0) is 49.1 Å². The summed E-state index contributed by atoms with van der Waals surface area (Å²) in [6, 6.07) is 14.0. The average Bonchev–Trinajstić information content (AvgIpc) is 3.19. The standard InChI is InChI=1S/C28H31N7O2/c29-28-26(17-25(31-32-28)24-5-1-2-6-27(24)36)34-18-22-7-8-23(19-34)35(22)21-9-10-30-20(16-21)4-3-11-33-12-14-37-15-13-33/h1-2,5-6,9-10,16-17,22-23,36H,7-8,11-15,18-19H2,(H2,29,32). The summed E-state index contributed by atoms with van der Waals surface area (Å²) in [7, 11) is 0. The van der Waals surface area contributed by atoms with Gasteiger partial charge in [-0.1, -0.05) is 18.1 Å². The van der Waals surface area contributed by atoms with Crippen molar-refractivity contribution in [1.29, 1.82) is 0 Å². The first-order chi connectivity index (χ1) is 18.2. The van der Waals surface area contributed by atoms with Gasteiger partial charge in [0, 0.05) is 55.7 Å². The number of anilines is 3. The number of nitrogens with two attached hydrogens (primary N) is 1. The van der Waals surface area contributed by atoms with Crippen LogP contribution in [0.3, 0.4) is 0 Å². The fourth-order valence-corrected chi connectivity index (χ4v) is 5.64. The maximum Gasteiger partial charge on any atom is 0.169 e. The molecule has 2 bridgehead atoms. The second-order valence-corrected chi connectivity index (χ2v) is 9.80. The Morgan fingerprint density at radius 3 is 2.59 bits per heavy atom. The number of nitrogen functional groups attached to an aromatic ring is 1. The highest BCUT2D eigenvalue weighted by molar-refractivity contribution is 5.74. The highest BCUT2D eigenvalue weighted by Gasteiger charge is 2.40. The molecule has 3 aliphatic heterocycles. The maximum absolute atomic E-state index is 10.3. The Labute approximate surface area is 216 Å². The topological polar surface area (TPSA) is 104 Å². The van der Waals surface area contributed by atoms with Gasteiger partial charge in [-0.2, -0.15) is 0 Å². The van der Waals surface area contributed by atoms with Crippen molar-refractivity contribution in [2.24, 2.45) is 0 Å². The molecular formula is C28H31N7O2. The molecule has 0 amide bonds. The molecule has 0 saturated carbocycles. The lowest BCUT2D eigenvalue weighted by Crippen LogP contribution is -2.54. The summed E-state index contributed by atoms with van der Waals surface area (Å²) in [5.74, 6) is 7.13. The van der Waals surface area contributed by atoms with E-state index in [0.29, 0.717) is 29.2 Å². The normalized spacial score (nSPS) is 21.5. The molecule has 3 N–H and O–H groups in total. The Kier molecular flexibility index (Phi) is 6.51. The molecule has 2 aromatic heterocycles. The smallest absolute Gasteiger partial charge is 0.169 e. The van der Waals surface area contributed by atoms with Gasteiger partial charge in [0.05, 0.1) is 31.1 Å². The third-order valence-electron chi connectivity index (χ3n) is 7.47. The van der Waals surface area contributed by atoms with E-state index in [4.69, 9.17) is 10.5 Å². The minimum atomic E-state index is 0.180. The van der Waals surface area contributed by atoms with Crippen LogP contribution in [-0.2, 0) is 4.74 Å². The fraction of sp³-hybridized carbons (Fsp3) is 0.393. The van der Waals surface area contributed by atoms with Crippen LogP contribution in [0.25, 0.3) is 11.3 Å². The van der Waals surface area contributed by atoms with Crippen LogP contribution in [0.1, 0.15) is 18.5 Å². The third kappa shape index (κ3) is 4.90. The number of rotatable bonds is 4. The molecule has 9 heteroatoms. The molecule has 6 rings (SSSR count). The van der Waals surface area contributed by atoms with Gasteiger partial charge in [0.2, 0.25) is 0 Å². The number of morpholine rings is 1. The molecule has 37 heavy (non-hydrogen) atoms. The Balaban J connectivity index is 1.19. The highest BCUT2D eigenvalue weighted by Crippen LogP contribution is 2.38. The molecule has 5 heterocycles. The Hall–Kier alpha value is -3.87. The molecule has 2 unspecified atom stereocenters. The number of pyridine rings is 1. The van der Waals surface area contributed by atoms with Gasteiger partial charge < -0.3 is 25.4 Å². The van der Waals surface area contributed by atoms with Gasteiger partial charge in [0.25, 0.3) is 0 Å². The van der Waals surface area contributed by atoms with E-state index in [2.05, 4.69) is 53.9 Å². The zero-order valence-electron chi connectivity index (χ0n) is 20.8. The Morgan fingerprint density at radius 2 is 1.81 bits per heavy atom. The van der Waals surface area contributed by atoms with Crippen molar-refractivity contribution in [3.8, 4) is 28.8 Å². The van der Waals surface area contributed by atoms with E-state index >= 15 is 0 Å². The van der Waals surface area contributed by atoms with Gasteiger partial charge in [-0.25, -0.2) is 4.98 Å². The number of ether oxygens (including phenoxy) is 1. The number of aromatic nitrogens is 3. The zero-order chi connectivity index (χ0) is 25.2. The first-order valence-electron chi connectivity index (χ1n) is 12.9. The second kappa shape index (κ2) is 10.2. The second-order valence-electron chi connectivity index (χ2n) is 9.80. The quantitative estimate of drug-likeness (QED) is 0.526. The Bertz CT molecular complexity index is 1320. The van der Waals surface area contributed by atoms with Gasteiger partial charge >= 0.3 is 0 Å². The Morgan fingerprint density at radius 1 is 1.03 bits per heavy atom. The summed E-state index contributed by atoms with van der Waals surface area (Å²) < 4.78 is 5.41. The number of fused-ring (bicyclic) bond motifs is 2. The highest BCUT2D eigenvalue weighted by atomic mass is 16.5. The summed E-state index contributed by atoms with van der Waals surface area (Å²) >= 11 is 0. The molecule has 2 atom stereocenters. The molecule has 190 valence electrons. The van der Waals surface area contributed by atoms with E-state index in [1.54, 1.807) is 12.1 Å². The molecule has 3 fully saturated rings. The first kappa shape index (κ1) is 23.5. The average molecular weight is 498 g/mol. The predicted molar refractivity (Wildman–Crippen MR) is 143 cm³/mol.